The number of nitrogens with one attached hydrogen (secondary N) is 1. The molecule has 5 nitrogen and oxygen atoms in total. The molecule has 0 atom stereocenters. The SMILES string of the molecule is CCN(CC)CCc1noc(CC2CCNCC2)n1. The Hall–Kier alpha value is -0.940. The molecule has 2 heterocycles. The second-order valence-corrected chi connectivity index (χ2v) is 5.28. The molecule has 1 aliphatic heterocycles. The zero-order chi connectivity index (χ0) is 13.5. The molecule has 0 unspecified atom stereocenters. The summed E-state index contributed by atoms with van der Waals surface area (Å²) in [4.78, 5) is 6.90. The Morgan fingerprint density at radius 3 is 2.68 bits per heavy atom. The van der Waals surface area contributed by atoms with Gasteiger partial charge in [-0.05, 0) is 44.9 Å². The van der Waals surface area contributed by atoms with Crippen LogP contribution in [0.15, 0.2) is 4.52 Å². The van der Waals surface area contributed by atoms with Crippen LogP contribution in [0.5, 0.6) is 0 Å². The molecule has 0 radical (unpaired) electrons. The summed E-state index contributed by atoms with van der Waals surface area (Å²) in [6.45, 7) is 9.78. The van der Waals surface area contributed by atoms with Crippen molar-refractivity contribution in [3.05, 3.63) is 11.7 Å². The van der Waals surface area contributed by atoms with Crippen LogP contribution in [-0.4, -0.2) is 47.8 Å². The third kappa shape index (κ3) is 4.58. The number of piperidine rings is 1. The number of aromatic nitrogens is 2. The van der Waals surface area contributed by atoms with Crippen LogP contribution >= 0.6 is 0 Å². The number of likely N-dealkylation sites (N-methyl/N-ethyl adjacent to an activating group) is 1. The second-order valence-electron chi connectivity index (χ2n) is 5.28. The van der Waals surface area contributed by atoms with Crippen molar-refractivity contribution in [3.63, 3.8) is 0 Å². The van der Waals surface area contributed by atoms with Crippen LogP contribution in [0.3, 0.4) is 0 Å². The summed E-state index contributed by atoms with van der Waals surface area (Å²) in [5, 5.41) is 7.47. The van der Waals surface area contributed by atoms with Gasteiger partial charge in [0.15, 0.2) is 5.82 Å². The molecule has 0 saturated carbocycles. The van der Waals surface area contributed by atoms with Gasteiger partial charge in [0.05, 0.1) is 0 Å². The van der Waals surface area contributed by atoms with E-state index in [2.05, 4.69) is 34.2 Å². The van der Waals surface area contributed by atoms with Crippen LogP contribution in [0.1, 0.15) is 38.4 Å². The van der Waals surface area contributed by atoms with Gasteiger partial charge in [0, 0.05) is 19.4 Å². The normalized spacial score (nSPS) is 17.2. The van der Waals surface area contributed by atoms with E-state index in [1.807, 2.05) is 0 Å². The summed E-state index contributed by atoms with van der Waals surface area (Å²) in [6, 6.07) is 0. The van der Waals surface area contributed by atoms with Gasteiger partial charge in [0.2, 0.25) is 5.89 Å². The van der Waals surface area contributed by atoms with E-state index < -0.39 is 0 Å². The summed E-state index contributed by atoms with van der Waals surface area (Å²) in [7, 11) is 0. The molecule has 1 aromatic heterocycles. The van der Waals surface area contributed by atoms with Crippen molar-refractivity contribution < 1.29 is 4.52 Å². The lowest BCUT2D eigenvalue weighted by Gasteiger charge is -2.20. The minimum absolute atomic E-state index is 0.706. The molecule has 19 heavy (non-hydrogen) atoms. The quantitative estimate of drug-likeness (QED) is 0.810. The zero-order valence-corrected chi connectivity index (χ0v) is 12.2. The van der Waals surface area contributed by atoms with Gasteiger partial charge in [-0.1, -0.05) is 19.0 Å². The van der Waals surface area contributed by atoms with Crippen LogP contribution < -0.4 is 5.32 Å². The molecule has 0 amide bonds. The Bertz CT molecular complexity index is 356. The fourth-order valence-corrected chi connectivity index (χ4v) is 2.61. The maximum atomic E-state index is 5.37. The highest BCUT2D eigenvalue weighted by Crippen LogP contribution is 2.16. The van der Waals surface area contributed by atoms with E-state index in [1.165, 1.54) is 12.8 Å². The van der Waals surface area contributed by atoms with E-state index in [9.17, 15) is 0 Å². The number of nitrogens with zero attached hydrogens (tertiary/aromatic N) is 3. The Morgan fingerprint density at radius 1 is 1.26 bits per heavy atom. The summed E-state index contributed by atoms with van der Waals surface area (Å²) in [5.74, 6) is 2.38. The number of rotatable bonds is 7. The summed E-state index contributed by atoms with van der Waals surface area (Å²) >= 11 is 0. The van der Waals surface area contributed by atoms with Crippen molar-refractivity contribution in [2.24, 2.45) is 5.92 Å². The molecule has 1 aromatic rings. The van der Waals surface area contributed by atoms with Gasteiger partial charge in [0.25, 0.3) is 0 Å². The highest BCUT2D eigenvalue weighted by atomic mass is 16.5. The molecule has 1 saturated heterocycles. The average Bonchev–Trinajstić information content (AvgIpc) is 2.89. The van der Waals surface area contributed by atoms with Crippen molar-refractivity contribution in [3.8, 4) is 0 Å². The molecule has 1 fully saturated rings. The van der Waals surface area contributed by atoms with E-state index in [-0.39, 0.29) is 0 Å². The molecule has 5 heteroatoms. The summed E-state index contributed by atoms with van der Waals surface area (Å²) in [5.41, 5.74) is 0. The predicted octanol–water partition coefficient (Wildman–Crippen LogP) is 1.50. The van der Waals surface area contributed by atoms with Gasteiger partial charge in [-0.25, -0.2) is 0 Å². The molecular formula is C14H26N4O. The minimum atomic E-state index is 0.706. The Morgan fingerprint density at radius 2 is 2.00 bits per heavy atom. The molecule has 0 spiro atoms. The van der Waals surface area contributed by atoms with Crippen molar-refractivity contribution in [2.75, 3.05) is 32.7 Å². The topological polar surface area (TPSA) is 54.2 Å². The van der Waals surface area contributed by atoms with Crippen LogP contribution in [0.4, 0.5) is 0 Å². The van der Waals surface area contributed by atoms with Crippen LogP contribution in [-0.2, 0) is 12.8 Å². The van der Waals surface area contributed by atoms with Crippen LogP contribution in [0.2, 0.25) is 0 Å². The fraction of sp³-hybridized carbons (Fsp3) is 0.857. The lowest BCUT2D eigenvalue weighted by atomic mass is 9.95. The molecular weight excluding hydrogens is 240 g/mol. The Kier molecular flexibility index (Phi) is 5.79. The lowest BCUT2D eigenvalue weighted by molar-refractivity contribution is 0.299. The van der Waals surface area contributed by atoms with Gasteiger partial charge in [-0.15, -0.1) is 0 Å². The average molecular weight is 266 g/mol. The molecule has 0 bridgehead atoms. The first-order valence-electron chi connectivity index (χ1n) is 7.56. The maximum Gasteiger partial charge on any atom is 0.226 e. The highest BCUT2D eigenvalue weighted by Gasteiger charge is 2.17. The van der Waals surface area contributed by atoms with Crippen molar-refractivity contribution in [1.82, 2.24) is 20.4 Å². The molecule has 0 aliphatic carbocycles. The largest absolute Gasteiger partial charge is 0.339 e. The lowest BCUT2D eigenvalue weighted by Crippen LogP contribution is -2.28. The van der Waals surface area contributed by atoms with Gasteiger partial charge in [0.1, 0.15) is 0 Å². The summed E-state index contributed by atoms with van der Waals surface area (Å²) in [6.07, 6.45) is 4.27. The predicted molar refractivity (Wildman–Crippen MR) is 75.1 cm³/mol. The van der Waals surface area contributed by atoms with Gasteiger partial charge in [-0.3, -0.25) is 0 Å². The van der Waals surface area contributed by atoms with Gasteiger partial charge >= 0.3 is 0 Å². The van der Waals surface area contributed by atoms with E-state index in [0.29, 0.717) is 5.92 Å². The molecule has 1 N–H and O–H groups in total. The first-order chi connectivity index (χ1) is 9.31. The first kappa shape index (κ1) is 14.5. The smallest absolute Gasteiger partial charge is 0.226 e. The van der Waals surface area contributed by atoms with E-state index >= 15 is 0 Å². The van der Waals surface area contributed by atoms with Crippen molar-refractivity contribution in [1.29, 1.82) is 0 Å². The third-order valence-corrected chi connectivity index (χ3v) is 3.98. The van der Waals surface area contributed by atoms with E-state index in [1.54, 1.807) is 0 Å². The van der Waals surface area contributed by atoms with Gasteiger partial charge in [-0.2, -0.15) is 4.98 Å². The van der Waals surface area contributed by atoms with Crippen LogP contribution in [0.25, 0.3) is 0 Å². The number of hydrogen-bond acceptors (Lipinski definition) is 5. The van der Waals surface area contributed by atoms with Crippen molar-refractivity contribution >= 4 is 0 Å². The molecule has 108 valence electrons. The van der Waals surface area contributed by atoms with E-state index in [0.717, 1.165) is 57.3 Å². The molecule has 0 aromatic carbocycles. The summed E-state index contributed by atoms with van der Waals surface area (Å²) < 4.78 is 5.37. The van der Waals surface area contributed by atoms with Crippen LogP contribution in [0, 0.1) is 5.92 Å². The minimum Gasteiger partial charge on any atom is -0.339 e. The molecule has 2 rings (SSSR count). The second kappa shape index (κ2) is 7.60. The zero-order valence-electron chi connectivity index (χ0n) is 12.2. The Labute approximate surface area is 115 Å². The third-order valence-electron chi connectivity index (χ3n) is 3.98. The van der Waals surface area contributed by atoms with Gasteiger partial charge < -0.3 is 14.7 Å². The first-order valence-corrected chi connectivity index (χ1v) is 7.56. The highest BCUT2D eigenvalue weighted by molar-refractivity contribution is 4.89. The standard InChI is InChI=1S/C14H26N4O/c1-3-18(4-2)10-7-13-16-14(19-17-13)11-12-5-8-15-9-6-12/h12,15H,3-11H2,1-2H3. The molecule has 1 aliphatic rings. The fourth-order valence-electron chi connectivity index (χ4n) is 2.61. The monoisotopic (exact) mass is 266 g/mol. The van der Waals surface area contributed by atoms with Crippen molar-refractivity contribution in [2.45, 2.75) is 39.5 Å². The van der Waals surface area contributed by atoms with E-state index in [4.69, 9.17) is 4.52 Å². The number of hydrogen-bond donors (Lipinski definition) is 1. The maximum absolute atomic E-state index is 5.37. The Balaban J connectivity index is 1.77.